The summed E-state index contributed by atoms with van der Waals surface area (Å²) in [5.41, 5.74) is 4.34. The van der Waals surface area contributed by atoms with Gasteiger partial charge in [-0.05, 0) is 62.0 Å². The maximum atomic E-state index is 13.6. The molecular weight excluding hydrogens is 450 g/mol. The van der Waals surface area contributed by atoms with E-state index in [0.717, 1.165) is 60.8 Å². The summed E-state index contributed by atoms with van der Waals surface area (Å²) in [6, 6.07) is 15.6. The number of aromatic amines is 2. The molecule has 1 fully saturated rings. The Morgan fingerprint density at radius 1 is 0.861 bits per heavy atom. The molecule has 1 aliphatic heterocycles. The van der Waals surface area contributed by atoms with Gasteiger partial charge in [0, 0.05) is 52.6 Å². The second kappa shape index (κ2) is 11.0. The Morgan fingerprint density at radius 3 is 2.06 bits per heavy atom. The predicted molar refractivity (Wildman–Crippen MR) is 144 cm³/mol. The van der Waals surface area contributed by atoms with Gasteiger partial charge in [0.2, 0.25) is 11.8 Å². The van der Waals surface area contributed by atoms with Crippen LogP contribution < -0.4 is 16.0 Å². The Balaban J connectivity index is 1.33. The Morgan fingerprint density at radius 2 is 1.44 bits per heavy atom. The zero-order chi connectivity index (χ0) is 24.9. The van der Waals surface area contributed by atoms with Crippen molar-refractivity contribution < 1.29 is 9.59 Å². The van der Waals surface area contributed by atoms with Gasteiger partial charge in [-0.15, -0.1) is 0 Å². The lowest BCUT2D eigenvalue weighted by atomic mass is 9.96. The Kier molecular flexibility index (Phi) is 7.37. The van der Waals surface area contributed by atoms with Crippen LogP contribution in [0.15, 0.2) is 60.9 Å². The highest BCUT2D eigenvalue weighted by molar-refractivity contribution is 5.90. The van der Waals surface area contributed by atoms with Crippen LogP contribution in [0.3, 0.4) is 0 Å². The highest BCUT2D eigenvalue weighted by atomic mass is 16.2. The summed E-state index contributed by atoms with van der Waals surface area (Å²) in [6.07, 6.45) is 7.54. The summed E-state index contributed by atoms with van der Waals surface area (Å²) in [5, 5.41) is 11.9. The molecule has 2 unspecified atom stereocenters. The van der Waals surface area contributed by atoms with E-state index in [1.54, 1.807) is 0 Å². The van der Waals surface area contributed by atoms with Gasteiger partial charge in [0.1, 0.15) is 6.04 Å². The third kappa shape index (κ3) is 5.31. The third-order valence-corrected chi connectivity index (χ3v) is 7.42. The van der Waals surface area contributed by atoms with Crippen molar-refractivity contribution in [2.24, 2.45) is 5.92 Å². The molecule has 0 radical (unpaired) electrons. The van der Waals surface area contributed by atoms with Crippen LogP contribution in [0, 0.1) is 5.92 Å². The van der Waals surface area contributed by atoms with Gasteiger partial charge in [-0.25, -0.2) is 0 Å². The lowest BCUT2D eigenvalue weighted by Crippen LogP contribution is -2.52. The van der Waals surface area contributed by atoms with Gasteiger partial charge >= 0.3 is 0 Å². The summed E-state index contributed by atoms with van der Waals surface area (Å²) in [5.74, 6) is -0.215. The predicted octanol–water partition coefficient (Wildman–Crippen LogP) is 3.81. The SMILES string of the molecule is CCC(Cc1c[nH]c2ccccc12)NC(=O)C(Cc1c[nH]c2ccccc12)NC(=O)C1CCNCC1. The first-order valence-electron chi connectivity index (χ1n) is 13.0. The number of carbonyl (C=O) groups excluding carboxylic acids is 2. The molecule has 5 N–H and O–H groups in total. The van der Waals surface area contributed by atoms with E-state index < -0.39 is 6.04 Å². The van der Waals surface area contributed by atoms with Gasteiger partial charge in [-0.3, -0.25) is 9.59 Å². The lowest BCUT2D eigenvalue weighted by Gasteiger charge is -2.26. The van der Waals surface area contributed by atoms with Crippen molar-refractivity contribution in [3.63, 3.8) is 0 Å². The molecule has 0 bridgehead atoms. The maximum Gasteiger partial charge on any atom is 0.243 e. The van der Waals surface area contributed by atoms with Gasteiger partial charge in [-0.2, -0.15) is 0 Å². The third-order valence-electron chi connectivity index (χ3n) is 7.42. The number of aromatic nitrogens is 2. The van der Waals surface area contributed by atoms with Crippen LogP contribution in [0.4, 0.5) is 0 Å². The van der Waals surface area contributed by atoms with E-state index in [1.807, 2.05) is 42.7 Å². The van der Waals surface area contributed by atoms with Crippen molar-refractivity contribution in [3.05, 3.63) is 72.1 Å². The number of rotatable bonds is 9. The van der Waals surface area contributed by atoms with Gasteiger partial charge in [-0.1, -0.05) is 43.3 Å². The molecule has 0 saturated carbocycles. The zero-order valence-electron chi connectivity index (χ0n) is 20.8. The quantitative estimate of drug-likeness (QED) is 0.249. The van der Waals surface area contributed by atoms with Crippen LogP contribution in [0.25, 0.3) is 21.8 Å². The van der Waals surface area contributed by atoms with Gasteiger partial charge in [0.15, 0.2) is 0 Å². The number of H-pyrrole nitrogens is 2. The van der Waals surface area contributed by atoms with Crippen molar-refractivity contribution in [1.29, 1.82) is 0 Å². The highest BCUT2D eigenvalue weighted by Crippen LogP contribution is 2.22. The van der Waals surface area contributed by atoms with Crippen LogP contribution in [0.1, 0.15) is 37.3 Å². The minimum absolute atomic E-state index is 0.0267. The van der Waals surface area contributed by atoms with Crippen LogP contribution >= 0.6 is 0 Å². The average Bonchev–Trinajstić information content (AvgIpc) is 3.52. The number of hydrogen-bond donors (Lipinski definition) is 5. The molecule has 2 amide bonds. The number of hydrogen-bond acceptors (Lipinski definition) is 3. The number of fused-ring (bicyclic) bond motifs is 2. The van der Waals surface area contributed by atoms with Gasteiger partial charge < -0.3 is 25.9 Å². The number of para-hydroxylation sites is 2. The standard InChI is InChI=1S/C29H35N5O2/c1-2-22(15-20-17-31-25-9-5-3-7-23(20)25)33-29(36)27(34-28(35)19-11-13-30-14-12-19)16-21-18-32-26-10-6-4-8-24(21)26/h3-10,17-19,22,27,30-32H,2,11-16H2,1H3,(H,33,36)(H,34,35). The average molecular weight is 486 g/mol. The number of carbonyl (C=O) groups is 2. The topological polar surface area (TPSA) is 102 Å². The Hall–Kier alpha value is -3.58. The Bertz CT molecular complexity index is 1330. The molecule has 3 heterocycles. The largest absolute Gasteiger partial charge is 0.361 e. The molecule has 4 aromatic rings. The molecule has 2 atom stereocenters. The van der Waals surface area contributed by atoms with E-state index in [-0.39, 0.29) is 23.8 Å². The number of piperidine rings is 1. The Labute approximate surface area is 211 Å². The molecule has 0 aliphatic carbocycles. The summed E-state index contributed by atoms with van der Waals surface area (Å²) in [6.45, 7) is 3.75. The van der Waals surface area contributed by atoms with Crippen molar-refractivity contribution >= 4 is 33.6 Å². The molecule has 7 heteroatoms. The first-order chi connectivity index (χ1) is 17.6. The van der Waals surface area contributed by atoms with E-state index >= 15 is 0 Å². The zero-order valence-corrected chi connectivity index (χ0v) is 20.8. The van der Waals surface area contributed by atoms with Crippen molar-refractivity contribution in [2.45, 2.75) is 51.1 Å². The van der Waals surface area contributed by atoms with Crippen molar-refractivity contribution in [3.8, 4) is 0 Å². The summed E-state index contributed by atoms with van der Waals surface area (Å²) >= 11 is 0. The molecule has 0 spiro atoms. The molecule has 2 aromatic heterocycles. The van der Waals surface area contributed by atoms with E-state index in [4.69, 9.17) is 0 Å². The van der Waals surface area contributed by atoms with Gasteiger partial charge in [0.05, 0.1) is 0 Å². The van der Waals surface area contributed by atoms with E-state index in [0.29, 0.717) is 6.42 Å². The number of benzene rings is 2. The summed E-state index contributed by atoms with van der Waals surface area (Å²) < 4.78 is 0. The normalized spacial score (nSPS) is 16.1. The monoisotopic (exact) mass is 485 g/mol. The van der Waals surface area contributed by atoms with Gasteiger partial charge in [0.25, 0.3) is 0 Å². The smallest absolute Gasteiger partial charge is 0.243 e. The first-order valence-corrected chi connectivity index (χ1v) is 13.0. The van der Waals surface area contributed by atoms with E-state index in [9.17, 15) is 9.59 Å². The molecule has 1 aliphatic rings. The fourth-order valence-corrected chi connectivity index (χ4v) is 5.27. The van der Waals surface area contributed by atoms with Crippen molar-refractivity contribution in [1.82, 2.24) is 25.9 Å². The van der Waals surface area contributed by atoms with Crippen molar-refractivity contribution in [2.75, 3.05) is 13.1 Å². The molecule has 7 nitrogen and oxygen atoms in total. The molecule has 1 saturated heterocycles. The number of nitrogens with one attached hydrogen (secondary N) is 5. The van der Waals surface area contributed by atoms with Crippen LogP contribution in [-0.4, -0.2) is 47.0 Å². The highest BCUT2D eigenvalue weighted by Gasteiger charge is 2.28. The van der Waals surface area contributed by atoms with Crippen LogP contribution in [0.2, 0.25) is 0 Å². The van der Waals surface area contributed by atoms with Crippen LogP contribution in [0.5, 0.6) is 0 Å². The molecule has 5 rings (SSSR count). The minimum Gasteiger partial charge on any atom is -0.361 e. The maximum absolute atomic E-state index is 13.6. The van der Waals surface area contributed by atoms with E-state index in [1.165, 1.54) is 10.9 Å². The summed E-state index contributed by atoms with van der Waals surface area (Å²) in [4.78, 5) is 33.4. The second-order valence-corrected chi connectivity index (χ2v) is 9.83. The number of amides is 2. The molecule has 36 heavy (non-hydrogen) atoms. The fraction of sp³-hybridized carbons (Fsp3) is 0.379. The lowest BCUT2D eigenvalue weighted by molar-refractivity contribution is -0.132. The van der Waals surface area contributed by atoms with E-state index in [2.05, 4.69) is 51.0 Å². The second-order valence-electron chi connectivity index (χ2n) is 9.83. The molecular formula is C29H35N5O2. The summed E-state index contributed by atoms with van der Waals surface area (Å²) in [7, 11) is 0. The fourth-order valence-electron chi connectivity index (χ4n) is 5.27. The van der Waals surface area contributed by atoms with Crippen LogP contribution in [-0.2, 0) is 22.4 Å². The first kappa shape index (κ1) is 24.1. The molecule has 188 valence electrons. The minimum atomic E-state index is -0.636. The molecule has 2 aromatic carbocycles.